The monoisotopic (exact) mass is 396 g/mol. The highest BCUT2D eigenvalue weighted by molar-refractivity contribution is 6.04. The molecule has 1 amide bonds. The molecule has 0 bridgehead atoms. The Kier molecular flexibility index (Phi) is 6.21. The molecule has 8 heteroatoms. The van der Waals surface area contributed by atoms with Crippen LogP contribution < -0.4 is 15.1 Å². The minimum Gasteiger partial charge on any atom is -0.378 e. The largest absolute Gasteiger partial charge is 0.378 e. The molecule has 2 saturated heterocycles. The molecule has 0 atom stereocenters. The van der Waals surface area contributed by atoms with Gasteiger partial charge in [-0.3, -0.25) is 4.79 Å². The van der Waals surface area contributed by atoms with Gasteiger partial charge >= 0.3 is 0 Å². The maximum absolute atomic E-state index is 12.7. The number of nitrogens with one attached hydrogen (secondary N) is 1. The highest BCUT2D eigenvalue weighted by Gasteiger charge is 2.19. The Hall–Kier alpha value is -2.71. The average molecular weight is 396 g/mol. The minimum atomic E-state index is -0.249. The van der Waals surface area contributed by atoms with Gasteiger partial charge in [-0.05, 0) is 18.7 Å². The van der Waals surface area contributed by atoms with Gasteiger partial charge in [0.15, 0.2) is 0 Å². The van der Waals surface area contributed by atoms with E-state index in [1.807, 2.05) is 24.3 Å². The smallest absolute Gasteiger partial charge is 0.275 e. The van der Waals surface area contributed by atoms with Crippen LogP contribution >= 0.6 is 0 Å². The lowest BCUT2D eigenvalue weighted by Crippen LogP contribution is -2.46. The zero-order chi connectivity index (χ0) is 20.1. The molecule has 2 fully saturated rings. The fraction of sp³-hybridized carbons (Fsp3) is 0.476. The van der Waals surface area contributed by atoms with Crippen LogP contribution in [0, 0.1) is 0 Å². The number of likely N-dealkylation sites (N-methyl/N-ethyl adjacent to an activating group) is 1. The van der Waals surface area contributed by atoms with Gasteiger partial charge in [0.2, 0.25) is 0 Å². The van der Waals surface area contributed by atoms with Gasteiger partial charge in [-0.1, -0.05) is 19.1 Å². The fourth-order valence-corrected chi connectivity index (χ4v) is 3.74. The zero-order valence-electron chi connectivity index (χ0n) is 16.9. The van der Waals surface area contributed by atoms with Crippen molar-refractivity contribution in [2.45, 2.75) is 6.92 Å². The van der Waals surface area contributed by atoms with Crippen molar-refractivity contribution in [2.75, 3.05) is 74.1 Å². The predicted molar refractivity (Wildman–Crippen MR) is 114 cm³/mol. The summed E-state index contributed by atoms with van der Waals surface area (Å²) in [5.74, 6) is 0.576. The van der Waals surface area contributed by atoms with Crippen LogP contribution in [0.25, 0.3) is 0 Å². The molecule has 0 spiro atoms. The number of ether oxygens (including phenoxy) is 1. The van der Waals surface area contributed by atoms with Crippen molar-refractivity contribution in [3.8, 4) is 0 Å². The summed E-state index contributed by atoms with van der Waals surface area (Å²) in [4.78, 5) is 28.5. The van der Waals surface area contributed by atoms with Crippen LogP contribution in [0.2, 0.25) is 0 Å². The number of anilines is 3. The number of hydrogen-bond donors (Lipinski definition) is 1. The summed E-state index contributed by atoms with van der Waals surface area (Å²) in [7, 11) is 0. The van der Waals surface area contributed by atoms with Crippen LogP contribution in [0.15, 0.2) is 36.7 Å². The van der Waals surface area contributed by atoms with Crippen molar-refractivity contribution in [3.63, 3.8) is 0 Å². The zero-order valence-corrected chi connectivity index (χ0v) is 16.9. The lowest BCUT2D eigenvalue weighted by atomic mass is 10.2. The summed E-state index contributed by atoms with van der Waals surface area (Å²) in [5.41, 5.74) is 2.10. The van der Waals surface area contributed by atoms with Crippen LogP contribution in [0.1, 0.15) is 17.4 Å². The van der Waals surface area contributed by atoms with Crippen LogP contribution in [-0.2, 0) is 4.74 Å². The van der Waals surface area contributed by atoms with E-state index in [9.17, 15) is 4.79 Å². The molecule has 2 aliphatic heterocycles. The van der Waals surface area contributed by atoms with Crippen molar-refractivity contribution >= 4 is 23.1 Å². The van der Waals surface area contributed by atoms with Gasteiger partial charge in [-0.2, -0.15) is 0 Å². The van der Waals surface area contributed by atoms with Crippen LogP contribution in [0.4, 0.5) is 17.2 Å². The van der Waals surface area contributed by atoms with Crippen molar-refractivity contribution < 1.29 is 9.53 Å². The topological polar surface area (TPSA) is 73.8 Å². The number of morpholine rings is 1. The Balaban J connectivity index is 1.42. The van der Waals surface area contributed by atoms with Gasteiger partial charge in [-0.15, -0.1) is 0 Å². The molecule has 154 valence electrons. The van der Waals surface area contributed by atoms with Gasteiger partial charge in [-0.25, -0.2) is 9.97 Å². The average Bonchev–Trinajstić information content (AvgIpc) is 2.80. The van der Waals surface area contributed by atoms with E-state index < -0.39 is 0 Å². The molecule has 1 aromatic heterocycles. The Morgan fingerprint density at radius 1 is 1.00 bits per heavy atom. The summed E-state index contributed by atoms with van der Waals surface area (Å²) in [6.07, 6.45) is 3.26. The van der Waals surface area contributed by atoms with E-state index in [1.54, 1.807) is 12.4 Å². The third kappa shape index (κ3) is 4.65. The van der Waals surface area contributed by atoms with Crippen LogP contribution in [0.5, 0.6) is 0 Å². The van der Waals surface area contributed by atoms with Gasteiger partial charge in [0.1, 0.15) is 11.5 Å². The Labute approximate surface area is 171 Å². The molecule has 8 nitrogen and oxygen atoms in total. The molecular weight excluding hydrogens is 368 g/mol. The molecule has 0 saturated carbocycles. The summed E-state index contributed by atoms with van der Waals surface area (Å²) >= 11 is 0. The standard InChI is InChI=1S/C21H28N6O2/c1-2-25-7-9-27(10-8-25)20-16-22-18(15-23-20)21(28)24-17-5-3-4-6-19(17)26-11-13-29-14-12-26/h3-6,15-16H,2,7-14H2,1H3,(H,24,28). The first kappa shape index (κ1) is 19.6. The lowest BCUT2D eigenvalue weighted by Gasteiger charge is -2.34. The maximum atomic E-state index is 12.7. The van der Waals surface area contributed by atoms with Crippen molar-refractivity contribution in [1.82, 2.24) is 14.9 Å². The molecule has 0 radical (unpaired) electrons. The third-order valence-electron chi connectivity index (χ3n) is 5.52. The number of benzene rings is 1. The van der Waals surface area contributed by atoms with Crippen LogP contribution in [0.3, 0.4) is 0 Å². The van der Waals surface area contributed by atoms with E-state index in [0.29, 0.717) is 18.9 Å². The summed E-state index contributed by atoms with van der Waals surface area (Å²) < 4.78 is 5.43. The number of nitrogens with zero attached hydrogens (tertiary/aromatic N) is 5. The molecule has 1 aromatic carbocycles. The van der Waals surface area contributed by atoms with E-state index in [-0.39, 0.29) is 5.91 Å². The lowest BCUT2D eigenvalue weighted by molar-refractivity contribution is 0.102. The molecule has 1 N–H and O–H groups in total. The first-order valence-corrected chi connectivity index (χ1v) is 10.3. The summed E-state index contributed by atoms with van der Waals surface area (Å²) in [5, 5.41) is 2.99. The number of para-hydroxylation sites is 2. The number of rotatable bonds is 5. The molecule has 3 heterocycles. The van der Waals surface area contributed by atoms with E-state index in [2.05, 4.69) is 36.9 Å². The second kappa shape index (κ2) is 9.19. The third-order valence-corrected chi connectivity index (χ3v) is 5.52. The van der Waals surface area contributed by atoms with Crippen molar-refractivity contribution in [1.29, 1.82) is 0 Å². The Bertz CT molecular complexity index is 814. The van der Waals surface area contributed by atoms with Gasteiger partial charge in [0.25, 0.3) is 5.91 Å². The van der Waals surface area contributed by atoms with Crippen molar-refractivity contribution in [3.05, 3.63) is 42.4 Å². The van der Waals surface area contributed by atoms with E-state index in [1.165, 1.54) is 0 Å². The summed E-state index contributed by atoms with van der Waals surface area (Å²) in [6.45, 7) is 10.2. The number of aromatic nitrogens is 2. The van der Waals surface area contributed by atoms with Gasteiger partial charge in [0, 0.05) is 39.3 Å². The van der Waals surface area contributed by atoms with Crippen molar-refractivity contribution in [2.24, 2.45) is 0 Å². The van der Waals surface area contributed by atoms with Gasteiger partial charge < -0.3 is 24.8 Å². The molecular formula is C21H28N6O2. The molecule has 29 heavy (non-hydrogen) atoms. The summed E-state index contributed by atoms with van der Waals surface area (Å²) in [6, 6.07) is 7.83. The number of piperazine rings is 1. The Morgan fingerprint density at radius 3 is 2.45 bits per heavy atom. The van der Waals surface area contributed by atoms with E-state index in [0.717, 1.165) is 63.0 Å². The normalized spacial score (nSPS) is 18.0. The number of carbonyl (C=O) groups is 1. The molecule has 4 rings (SSSR count). The minimum absolute atomic E-state index is 0.249. The van der Waals surface area contributed by atoms with Gasteiger partial charge in [0.05, 0.1) is 37.0 Å². The fourth-order valence-electron chi connectivity index (χ4n) is 3.74. The molecule has 2 aromatic rings. The highest BCUT2D eigenvalue weighted by atomic mass is 16.5. The SMILES string of the molecule is CCN1CCN(c2cnc(C(=O)Nc3ccccc3N3CCOCC3)cn2)CC1. The number of amides is 1. The highest BCUT2D eigenvalue weighted by Crippen LogP contribution is 2.26. The Morgan fingerprint density at radius 2 is 1.76 bits per heavy atom. The molecule has 2 aliphatic rings. The maximum Gasteiger partial charge on any atom is 0.275 e. The first-order valence-electron chi connectivity index (χ1n) is 10.3. The molecule has 0 aliphatic carbocycles. The second-order valence-electron chi connectivity index (χ2n) is 7.25. The quantitative estimate of drug-likeness (QED) is 0.825. The number of carbonyl (C=O) groups excluding carboxylic acids is 1. The first-order chi connectivity index (χ1) is 14.2. The number of hydrogen-bond acceptors (Lipinski definition) is 7. The van der Waals surface area contributed by atoms with Crippen LogP contribution in [-0.4, -0.2) is 79.8 Å². The predicted octanol–water partition coefficient (Wildman–Crippen LogP) is 1.71. The molecule has 0 unspecified atom stereocenters. The second-order valence-corrected chi connectivity index (χ2v) is 7.25. The van der Waals surface area contributed by atoms with E-state index >= 15 is 0 Å². The van der Waals surface area contributed by atoms with E-state index in [4.69, 9.17) is 4.74 Å².